The Hall–Kier alpha value is -2.84. The van der Waals surface area contributed by atoms with Crippen LogP contribution in [0.5, 0.6) is 0 Å². The molecule has 0 aliphatic heterocycles. The Morgan fingerprint density at radius 1 is 1.14 bits per heavy atom. The van der Waals surface area contributed by atoms with Crippen molar-refractivity contribution in [2.75, 3.05) is 6.61 Å². The van der Waals surface area contributed by atoms with Crippen LogP contribution in [0.3, 0.4) is 0 Å². The summed E-state index contributed by atoms with van der Waals surface area (Å²) in [4.78, 5) is 11.9. The van der Waals surface area contributed by atoms with E-state index in [1.807, 2.05) is 36.4 Å². The third-order valence-corrected chi connectivity index (χ3v) is 3.23. The summed E-state index contributed by atoms with van der Waals surface area (Å²) in [7, 11) is 0. The fraction of sp³-hybridized carbons (Fsp3) is 0.176. The molecule has 2 rings (SSSR count). The van der Waals surface area contributed by atoms with E-state index in [9.17, 15) is 9.90 Å². The molecule has 2 aromatic carbocycles. The number of urea groups is 1. The molecular formula is C17H17N3O2. The first-order chi connectivity index (χ1) is 10.7. The van der Waals surface area contributed by atoms with Crippen LogP contribution < -0.4 is 10.6 Å². The summed E-state index contributed by atoms with van der Waals surface area (Å²) in [5.41, 5.74) is 2.32. The van der Waals surface area contributed by atoms with E-state index >= 15 is 0 Å². The standard InChI is InChI=1S/C17H17N3O2/c18-10-13-6-8-14(9-7-13)11-19-17(22)20-16(12-21)15-4-2-1-3-5-15/h1-9,16,21H,11-12H2,(H2,19,20,22). The number of carbonyl (C=O) groups excluding carboxylic acids is 1. The topological polar surface area (TPSA) is 85.2 Å². The second-order valence-electron chi connectivity index (χ2n) is 4.78. The molecule has 112 valence electrons. The number of nitrogens with zero attached hydrogens (tertiary/aromatic N) is 1. The Kier molecular flexibility index (Phi) is 5.52. The summed E-state index contributed by atoms with van der Waals surface area (Å²) in [6.45, 7) is 0.179. The van der Waals surface area contributed by atoms with Crippen molar-refractivity contribution in [2.24, 2.45) is 0 Å². The summed E-state index contributed by atoms with van der Waals surface area (Å²) < 4.78 is 0. The summed E-state index contributed by atoms with van der Waals surface area (Å²) in [5, 5.41) is 23.6. The number of carbonyl (C=O) groups is 1. The van der Waals surface area contributed by atoms with Gasteiger partial charge >= 0.3 is 6.03 Å². The average Bonchev–Trinajstić information content (AvgIpc) is 2.59. The Balaban J connectivity index is 1.87. The van der Waals surface area contributed by atoms with Crippen LogP contribution in [0.25, 0.3) is 0 Å². The van der Waals surface area contributed by atoms with E-state index in [0.29, 0.717) is 12.1 Å². The molecule has 2 aromatic rings. The zero-order chi connectivity index (χ0) is 15.8. The number of aliphatic hydroxyl groups is 1. The molecule has 0 radical (unpaired) electrons. The largest absolute Gasteiger partial charge is 0.394 e. The summed E-state index contributed by atoms with van der Waals surface area (Å²) in [5.74, 6) is 0. The molecule has 1 unspecified atom stereocenters. The molecule has 0 aliphatic carbocycles. The van der Waals surface area contributed by atoms with Crippen LogP contribution in [0.4, 0.5) is 4.79 Å². The number of rotatable bonds is 5. The number of nitrogens with one attached hydrogen (secondary N) is 2. The van der Waals surface area contributed by atoms with Crippen molar-refractivity contribution in [3.8, 4) is 6.07 Å². The number of hydrogen-bond acceptors (Lipinski definition) is 3. The van der Waals surface area contributed by atoms with Crippen molar-refractivity contribution in [3.05, 3.63) is 71.3 Å². The highest BCUT2D eigenvalue weighted by molar-refractivity contribution is 5.74. The third kappa shape index (κ3) is 4.33. The van der Waals surface area contributed by atoms with Gasteiger partial charge in [0.2, 0.25) is 0 Å². The molecule has 5 heteroatoms. The van der Waals surface area contributed by atoms with Crippen molar-refractivity contribution >= 4 is 6.03 Å². The van der Waals surface area contributed by atoms with Crippen LogP contribution in [-0.4, -0.2) is 17.7 Å². The maximum Gasteiger partial charge on any atom is 0.315 e. The fourth-order valence-electron chi connectivity index (χ4n) is 2.01. The quantitative estimate of drug-likeness (QED) is 0.789. The van der Waals surface area contributed by atoms with Gasteiger partial charge in [-0.25, -0.2) is 4.79 Å². The van der Waals surface area contributed by atoms with E-state index in [1.165, 1.54) is 0 Å². The molecule has 0 aliphatic rings. The normalized spacial score (nSPS) is 11.3. The minimum Gasteiger partial charge on any atom is -0.394 e. The molecule has 0 bridgehead atoms. The number of aliphatic hydroxyl groups excluding tert-OH is 1. The maximum absolute atomic E-state index is 11.9. The third-order valence-electron chi connectivity index (χ3n) is 3.23. The van der Waals surface area contributed by atoms with Gasteiger partial charge in [-0.15, -0.1) is 0 Å². The minimum absolute atomic E-state index is 0.172. The lowest BCUT2D eigenvalue weighted by Gasteiger charge is -2.17. The maximum atomic E-state index is 11.9. The van der Waals surface area contributed by atoms with Crippen LogP contribution in [-0.2, 0) is 6.54 Å². The van der Waals surface area contributed by atoms with E-state index in [0.717, 1.165) is 11.1 Å². The first kappa shape index (κ1) is 15.5. The number of nitriles is 1. The van der Waals surface area contributed by atoms with Crippen molar-refractivity contribution in [2.45, 2.75) is 12.6 Å². The van der Waals surface area contributed by atoms with E-state index < -0.39 is 6.04 Å². The van der Waals surface area contributed by atoms with Gasteiger partial charge in [0, 0.05) is 6.54 Å². The minimum atomic E-state index is -0.442. The Bertz CT molecular complexity index is 648. The van der Waals surface area contributed by atoms with Gasteiger partial charge in [0.1, 0.15) is 0 Å². The first-order valence-corrected chi connectivity index (χ1v) is 6.92. The molecule has 0 saturated carbocycles. The molecule has 0 saturated heterocycles. The number of hydrogen-bond donors (Lipinski definition) is 3. The summed E-state index contributed by atoms with van der Waals surface area (Å²) >= 11 is 0. The molecule has 0 fully saturated rings. The van der Waals surface area contributed by atoms with Crippen molar-refractivity contribution in [1.29, 1.82) is 5.26 Å². The fourth-order valence-corrected chi connectivity index (χ4v) is 2.01. The highest BCUT2D eigenvalue weighted by Crippen LogP contribution is 2.11. The van der Waals surface area contributed by atoms with Crippen molar-refractivity contribution in [1.82, 2.24) is 10.6 Å². The summed E-state index contributed by atoms with van der Waals surface area (Å²) in [6, 6.07) is 17.5. The lowest BCUT2D eigenvalue weighted by atomic mass is 10.1. The second kappa shape index (κ2) is 7.81. The van der Waals surface area contributed by atoms with Crippen molar-refractivity contribution in [3.63, 3.8) is 0 Å². The first-order valence-electron chi connectivity index (χ1n) is 6.92. The molecule has 0 heterocycles. The van der Waals surface area contributed by atoms with Gasteiger partial charge in [0.05, 0.1) is 24.3 Å². The van der Waals surface area contributed by atoms with Gasteiger partial charge in [-0.3, -0.25) is 0 Å². The SMILES string of the molecule is N#Cc1ccc(CNC(=O)NC(CO)c2ccccc2)cc1. The highest BCUT2D eigenvalue weighted by atomic mass is 16.3. The molecule has 5 nitrogen and oxygen atoms in total. The van der Waals surface area contributed by atoms with Crippen LogP contribution >= 0.6 is 0 Å². The summed E-state index contributed by atoms with van der Waals surface area (Å²) in [6.07, 6.45) is 0. The van der Waals surface area contributed by atoms with Crippen molar-refractivity contribution < 1.29 is 9.90 Å². The molecule has 0 spiro atoms. The van der Waals surface area contributed by atoms with E-state index in [4.69, 9.17) is 5.26 Å². The average molecular weight is 295 g/mol. The van der Waals surface area contributed by atoms with E-state index in [1.54, 1.807) is 24.3 Å². The highest BCUT2D eigenvalue weighted by Gasteiger charge is 2.12. The van der Waals surface area contributed by atoms with Gasteiger partial charge in [-0.05, 0) is 23.3 Å². The monoisotopic (exact) mass is 295 g/mol. The molecule has 22 heavy (non-hydrogen) atoms. The van der Waals surface area contributed by atoms with Gasteiger partial charge in [-0.2, -0.15) is 5.26 Å². The van der Waals surface area contributed by atoms with Gasteiger partial charge in [0.25, 0.3) is 0 Å². The molecule has 2 amide bonds. The Labute approximate surface area is 129 Å². The molecule has 3 N–H and O–H groups in total. The van der Waals surface area contributed by atoms with Gasteiger partial charge in [0.15, 0.2) is 0 Å². The van der Waals surface area contributed by atoms with Crippen LogP contribution in [0.15, 0.2) is 54.6 Å². The molecular weight excluding hydrogens is 278 g/mol. The predicted octanol–water partition coefficient (Wildman–Crippen LogP) is 2.09. The van der Waals surface area contributed by atoms with Crippen LogP contribution in [0, 0.1) is 11.3 Å². The Morgan fingerprint density at radius 3 is 2.41 bits per heavy atom. The molecule has 0 aromatic heterocycles. The number of benzene rings is 2. The lowest BCUT2D eigenvalue weighted by molar-refractivity contribution is 0.216. The smallest absolute Gasteiger partial charge is 0.315 e. The van der Waals surface area contributed by atoms with Gasteiger partial charge < -0.3 is 15.7 Å². The lowest BCUT2D eigenvalue weighted by Crippen LogP contribution is -2.38. The van der Waals surface area contributed by atoms with Crippen LogP contribution in [0.1, 0.15) is 22.7 Å². The molecule has 1 atom stereocenters. The van der Waals surface area contributed by atoms with Crippen LogP contribution in [0.2, 0.25) is 0 Å². The number of amides is 2. The zero-order valence-corrected chi connectivity index (χ0v) is 12.0. The Morgan fingerprint density at radius 2 is 1.82 bits per heavy atom. The predicted molar refractivity (Wildman–Crippen MR) is 82.8 cm³/mol. The second-order valence-corrected chi connectivity index (χ2v) is 4.78. The van der Waals surface area contributed by atoms with E-state index in [-0.39, 0.29) is 12.6 Å². The zero-order valence-electron chi connectivity index (χ0n) is 12.0. The van der Waals surface area contributed by atoms with E-state index in [2.05, 4.69) is 10.6 Å². The van der Waals surface area contributed by atoms with Gasteiger partial charge in [-0.1, -0.05) is 42.5 Å².